The molecule has 0 bridgehead atoms. The second-order valence-corrected chi connectivity index (χ2v) is 7.22. The molecule has 0 aliphatic carbocycles. The van der Waals surface area contributed by atoms with Crippen molar-refractivity contribution >= 4 is 38.2 Å². The van der Waals surface area contributed by atoms with Crippen LogP contribution in [0.4, 0.5) is 0 Å². The van der Waals surface area contributed by atoms with Gasteiger partial charge in [-0.05, 0) is 0 Å². The topological polar surface area (TPSA) is 24.1 Å². The second-order valence-electron chi connectivity index (χ2n) is 0.681. The minimum Gasteiger partial charge on any atom is -0.341 e. The van der Waals surface area contributed by atoms with Gasteiger partial charge in [0.2, 0.25) is 27.5 Å². The summed E-state index contributed by atoms with van der Waals surface area (Å²) >= 11 is 0. The molecule has 2 N–H and O–H groups in total. The minimum absolute atomic E-state index is 0.806. The molecule has 1 rings (SSSR count). The number of rotatable bonds is 0. The highest BCUT2D eigenvalue weighted by Gasteiger charge is 1.98. The third-order valence-electron chi connectivity index (χ3n) is 0.329. The van der Waals surface area contributed by atoms with Gasteiger partial charge in [-0.25, -0.2) is 0 Å². The third kappa shape index (κ3) is 1.58. The van der Waals surface area contributed by atoms with E-state index >= 15 is 0 Å². The van der Waals surface area contributed by atoms with Gasteiger partial charge in [0.15, 0.2) is 0 Å². The molecule has 6 heavy (non-hydrogen) atoms. The molecule has 1 aliphatic heterocycles. The number of hydrogen-bond acceptors (Lipinski definition) is 3. The first-order valence-corrected chi connectivity index (χ1v) is 6.67. The van der Waals surface area contributed by atoms with Crippen LogP contribution in [0.25, 0.3) is 0 Å². The molecule has 30 valence electrons. The van der Waals surface area contributed by atoms with Crippen LogP contribution in [-0.2, 0) is 0 Å². The summed E-state index contributed by atoms with van der Waals surface area (Å²) in [6.07, 6.45) is 0. The van der Waals surface area contributed by atoms with E-state index in [4.69, 9.17) is 0 Å². The summed E-state index contributed by atoms with van der Waals surface area (Å²) in [5.41, 5.74) is 0. The van der Waals surface area contributed by atoms with Crippen molar-refractivity contribution in [2.45, 2.75) is 0 Å². The average Bonchev–Trinajstić information content (AvgIpc) is 1.72. The Balaban J connectivity index is 2.00. The lowest BCUT2D eigenvalue weighted by Crippen LogP contribution is -2.41. The maximum atomic E-state index is 3.20. The highest BCUT2D eigenvalue weighted by Crippen LogP contribution is 1.86. The first kappa shape index (κ1) is 5.07. The first-order chi connectivity index (χ1) is 3.00. The van der Waals surface area contributed by atoms with Crippen molar-refractivity contribution in [3.05, 3.63) is 0 Å². The number of nitrogens with one attached hydrogen (secondary N) is 2. The lowest BCUT2D eigenvalue weighted by atomic mass is 13.8. The van der Waals surface area contributed by atoms with Crippen molar-refractivity contribution in [2.24, 2.45) is 0 Å². The van der Waals surface area contributed by atoms with Crippen LogP contribution in [-0.4, -0.2) is 27.5 Å². The molecule has 0 atom stereocenters. The Bertz CT molecular complexity index is 24.3. The first-order valence-electron chi connectivity index (χ1n) is 1.41. The van der Waals surface area contributed by atoms with Crippen LogP contribution in [0, 0.1) is 0 Å². The van der Waals surface area contributed by atoms with E-state index in [-0.39, 0.29) is 0 Å². The number of hydrogen-bond donors (Lipinski definition) is 2. The average molecular weight is 146 g/mol. The fourth-order valence-corrected chi connectivity index (χ4v) is 7.04. The van der Waals surface area contributed by atoms with Crippen LogP contribution in [0.3, 0.4) is 0 Å². The Kier molecular flexibility index (Phi) is 2.53. The van der Waals surface area contributed by atoms with Gasteiger partial charge >= 0.3 is 0 Å². The summed E-state index contributed by atoms with van der Waals surface area (Å²) in [6.45, 7) is 0. The Morgan fingerprint density at radius 3 is 2.00 bits per heavy atom. The Hall–Kier alpha value is 0.921. The predicted octanol–water partition coefficient (Wildman–Crippen LogP) is -1.49. The van der Waals surface area contributed by atoms with Crippen LogP contribution in [0.2, 0.25) is 0 Å². The molecular weight excluding hydrogens is 144 g/mol. The molecule has 1 fully saturated rings. The fourth-order valence-electron chi connectivity index (χ4n) is 0.159. The zero-order valence-electron chi connectivity index (χ0n) is 2.91. The van der Waals surface area contributed by atoms with E-state index < -0.39 is 0 Å². The van der Waals surface area contributed by atoms with E-state index in [1.807, 2.05) is 10.7 Å². The van der Waals surface area contributed by atoms with Gasteiger partial charge in [0.25, 0.3) is 0 Å². The zero-order chi connectivity index (χ0) is 4.24. The van der Waals surface area contributed by atoms with E-state index in [2.05, 4.69) is 9.30 Å². The quantitative estimate of drug-likeness (QED) is 0.408. The lowest BCUT2D eigenvalue weighted by molar-refractivity contribution is 1.46. The summed E-state index contributed by atoms with van der Waals surface area (Å²) < 4.78 is 6.40. The summed E-state index contributed by atoms with van der Waals surface area (Å²) in [5.74, 6) is 0. The monoisotopic (exact) mass is 146 g/mol. The standard InChI is InChI=1S/H2N2SSi3/c1-4-2-6-3-5-1/h1-2H. The van der Waals surface area contributed by atoms with Crippen LogP contribution in [0.5, 0.6) is 0 Å². The highest BCUT2D eigenvalue weighted by atomic mass is 32.5. The highest BCUT2D eigenvalue weighted by molar-refractivity contribution is 8.40. The third-order valence-corrected chi connectivity index (χ3v) is 6.64. The zero-order valence-corrected chi connectivity index (χ0v) is 6.72. The van der Waals surface area contributed by atoms with Crippen molar-refractivity contribution in [3.63, 3.8) is 0 Å². The Morgan fingerprint density at radius 2 is 1.83 bits per heavy atom. The van der Waals surface area contributed by atoms with Gasteiger partial charge in [0.05, 0.1) is 0 Å². The van der Waals surface area contributed by atoms with Gasteiger partial charge in [0, 0.05) is 0 Å². The van der Waals surface area contributed by atoms with Gasteiger partial charge in [-0.15, -0.1) is 0 Å². The van der Waals surface area contributed by atoms with E-state index in [0.29, 0.717) is 0 Å². The van der Waals surface area contributed by atoms with Crippen molar-refractivity contribution in [1.29, 1.82) is 0 Å². The van der Waals surface area contributed by atoms with Crippen molar-refractivity contribution in [2.75, 3.05) is 0 Å². The van der Waals surface area contributed by atoms with Crippen molar-refractivity contribution in [3.8, 4) is 0 Å². The molecule has 2 nitrogen and oxygen atoms in total. The van der Waals surface area contributed by atoms with Crippen molar-refractivity contribution in [1.82, 2.24) is 9.30 Å². The lowest BCUT2D eigenvalue weighted by Gasteiger charge is -2.05. The molecule has 1 heterocycles. The molecule has 6 heteroatoms. The molecule has 0 amide bonds. The molecule has 0 aromatic carbocycles. The molecular formula is H2N2SSi3. The van der Waals surface area contributed by atoms with E-state index in [1.54, 1.807) is 0 Å². The maximum Gasteiger partial charge on any atom is 0.230 e. The molecule has 1 aliphatic rings. The predicted molar refractivity (Wildman–Crippen MR) is 31.1 cm³/mol. The van der Waals surface area contributed by atoms with Crippen LogP contribution in [0.1, 0.15) is 0 Å². The molecule has 1 saturated heterocycles. The second kappa shape index (κ2) is 2.99. The summed E-state index contributed by atoms with van der Waals surface area (Å²) in [7, 11) is 4.60. The van der Waals surface area contributed by atoms with Crippen molar-refractivity contribution < 1.29 is 0 Å². The van der Waals surface area contributed by atoms with Crippen LogP contribution >= 0.6 is 10.7 Å². The normalized spacial score (nSPS) is 24.0. The summed E-state index contributed by atoms with van der Waals surface area (Å²) in [6, 6.07) is 0. The van der Waals surface area contributed by atoms with Crippen LogP contribution in [0.15, 0.2) is 0 Å². The Labute approximate surface area is 47.9 Å². The molecule has 0 spiro atoms. The molecule has 6 radical (unpaired) electrons. The SMILES string of the molecule is N1[Si]N[Si]S[Si]1. The largest absolute Gasteiger partial charge is 0.341 e. The van der Waals surface area contributed by atoms with Gasteiger partial charge < -0.3 is 9.30 Å². The smallest absolute Gasteiger partial charge is 0.230 e. The molecule has 0 aromatic heterocycles. The summed E-state index contributed by atoms with van der Waals surface area (Å²) in [5, 5.41) is 0. The molecule has 0 unspecified atom stereocenters. The minimum atomic E-state index is 0.806. The van der Waals surface area contributed by atoms with E-state index in [9.17, 15) is 0 Å². The summed E-state index contributed by atoms with van der Waals surface area (Å²) in [4.78, 5) is 0. The Morgan fingerprint density at radius 1 is 1.17 bits per heavy atom. The maximum absolute atomic E-state index is 3.20. The molecule has 0 aromatic rings. The van der Waals surface area contributed by atoms with E-state index in [1.165, 1.54) is 0 Å². The van der Waals surface area contributed by atoms with Gasteiger partial charge in [-0.1, -0.05) is 0 Å². The van der Waals surface area contributed by atoms with E-state index in [0.717, 1.165) is 27.5 Å². The molecule has 0 saturated carbocycles. The van der Waals surface area contributed by atoms with Gasteiger partial charge in [-0.2, -0.15) is 10.7 Å². The van der Waals surface area contributed by atoms with Crippen LogP contribution < -0.4 is 9.30 Å². The van der Waals surface area contributed by atoms with Gasteiger partial charge in [0.1, 0.15) is 0 Å². The fraction of sp³-hybridized carbons (Fsp3) is 0. The van der Waals surface area contributed by atoms with Gasteiger partial charge in [-0.3, -0.25) is 0 Å².